The second kappa shape index (κ2) is 5.59. The molecule has 0 saturated carbocycles. The lowest BCUT2D eigenvalue weighted by atomic mass is 9.83. The molecule has 1 aliphatic carbocycles. The van der Waals surface area contributed by atoms with Gasteiger partial charge in [0.1, 0.15) is 17.7 Å². The lowest BCUT2D eigenvalue weighted by Gasteiger charge is -2.19. The normalized spacial score (nSPS) is 11.6. The molecule has 5 heteroatoms. The average molecular weight is 299 g/mol. The van der Waals surface area contributed by atoms with Gasteiger partial charge in [0, 0.05) is 22.9 Å². The maximum atomic E-state index is 12.7. The fraction of sp³-hybridized carbons (Fsp3) is 0. The molecule has 2 aromatic carbocycles. The van der Waals surface area contributed by atoms with E-state index in [1.54, 1.807) is 54.6 Å². The zero-order valence-electron chi connectivity index (χ0n) is 11.8. The van der Waals surface area contributed by atoms with Crippen molar-refractivity contribution in [3.05, 3.63) is 76.5 Å². The topological polar surface area (TPSA) is 93.8 Å². The predicted molar refractivity (Wildman–Crippen MR) is 82.7 cm³/mol. The fourth-order valence-electron chi connectivity index (χ4n) is 2.50. The Bertz CT molecular complexity index is 943. The van der Waals surface area contributed by atoms with Crippen LogP contribution in [-0.2, 0) is 0 Å². The molecule has 0 aromatic heterocycles. The molecule has 23 heavy (non-hydrogen) atoms. The van der Waals surface area contributed by atoms with Crippen molar-refractivity contribution in [2.24, 2.45) is 0 Å². The number of nitrogens with one attached hydrogen (secondary N) is 1. The summed E-state index contributed by atoms with van der Waals surface area (Å²) in [7, 11) is 0. The minimum Gasteiger partial charge on any atom is -0.359 e. The third-order valence-corrected chi connectivity index (χ3v) is 3.57. The van der Waals surface area contributed by atoms with Crippen LogP contribution >= 0.6 is 0 Å². The van der Waals surface area contributed by atoms with Gasteiger partial charge in [-0.25, -0.2) is 0 Å². The van der Waals surface area contributed by atoms with Crippen LogP contribution in [-0.4, -0.2) is 11.6 Å². The molecular formula is C18H9N3O2. The maximum absolute atomic E-state index is 12.7. The van der Waals surface area contributed by atoms with Crippen LogP contribution in [0.5, 0.6) is 0 Å². The van der Waals surface area contributed by atoms with Crippen LogP contribution in [0.2, 0.25) is 0 Å². The number of fused-ring (bicyclic) bond motifs is 2. The zero-order chi connectivity index (χ0) is 16.4. The minimum absolute atomic E-state index is 0.127. The Morgan fingerprint density at radius 3 is 2.13 bits per heavy atom. The van der Waals surface area contributed by atoms with Gasteiger partial charge in [-0.05, 0) is 6.07 Å². The highest BCUT2D eigenvalue weighted by atomic mass is 16.1. The van der Waals surface area contributed by atoms with Crippen molar-refractivity contribution in [3.63, 3.8) is 0 Å². The Hall–Kier alpha value is -3.70. The molecular weight excluding hydrogens is 290 g/mol. The highest BCUT2D eigenvalue weighted by Crippen LogP contribution is 2.31. The number of hydrogen-bond acceptors (Lipinski definition) is 5. The number of rotatable bonds is 2. The van der Waals surface area contributed by atoms with E-state index < -0.39 is 0 Å². The number of nitrogens with zero attached hydrogens (tertiary/aromatic N) is 2. The van der Waals surface area contributed by atoms with Gasteiger partial charge in [-0.2, -0.15) is 10.5 Å². The molecule has 0 radical (unpaired) electrons. The summed E-state index contributed by atoms with van der Waals surface area (Å²) in [6.07, 6.45) is 1.22. The Labute approximate surface area is 132 Å². The first kappa shape index (κ1) is 14.2. The van der Waals surface area contributed by atoms with E-state index in [2.05, 4.69) is 5.32 Å². The van der Waals surface area contributed by atoms with Crippen molar-refractivity contribution in [2.45, 2.75) is 0 Å². The lowest BCUT2D eigenvalue weighted by molar-refractivity contribution is 0.0979. The number of ketones is 2. The fourth-order valence-corrected chi connectivity index (χ4v) is 2.50. The maximum Gasteiger partial charge on any atom is 0.196 e. The van der Waals surface area contributed by atoms with E-state index in [1.807, 2.05) is 0 Å². The number of allylic oxidation sites excluding steroid dienone is 1. The number of nitriles is 2. The number of benzene rings is 2. The second-order valence-electron chi connectivity index (χ2n) is 4.86. The molecule has 0 saturated heterocycles. The van der Waals surface area contributed by atoms with Crippen molar-refractivity contribution >= 4 is 17.3 Å². The molecule has 0 bridgehead atoms. The van der Waals surface area contributed by atoms with Gasteiger partial charge in [0.15, 0.2) is 11.6 Å². The third kappa shape index (κ3) is 2.27. The van der Waals surface area contributed by atoms with Crippen LogP contribution in [0, 0.1) is 22.7 Å². The van der Waals surface area contributed by atoms with Gasteiger partial charge in [0.25, 0.3) is 0 Å². The van der Waals surface area contributed by atoms with E-state index in [9.17, 15) is 9.59 Å². The summed E-state index contributed by atoms with van der Waals surface area (Å²) in [5, 5.41) is 20.3. The highest BCUT2D eigenvalue weighted by molar-refractivity contribution is 6.30. The van der Waals surface area contributed by atoms with Crippen LogP contribution in [0.3, 0.4) is 0 Å². The lowest BCUT2D eigenvalue weighted by Crippen LogP contribution is -2.21. The van der Waals surface area contributed by atoms with Crippen molar-refractivity contribution < 1.29 is 9.59 Å². The molecule has 3 rings (SSSR count). The molecule has 0 spiro atoms. The van der Waals surface area contributed by atoms with Gasteiger partial charge in [-0.15, -0.1) is 0 Å². The molecule has 0 fully saturated rings. The first-order valence-electron chi connectivity index (χ1n) is 6.75. The molecule has 0 aliphatic heterocycles. The van der Waals surface area contributed by atoms with Gasteiger partial charge in [-0.1, -0.05) is 36.4 Å². The van der Waals surface area contributed by atoms with Crippen molar-refractivity contribution in [2.75, 3.05) is 5.32 Å². The predicted octanol–water partition coefficient (Wildman–Crippen LogP) is 2.80. The Morgan fingerprint density at radius 1 is 0.870 bits per heavy atom. The SMILES string of the molecule is N#CC(C#N)=CNc1cccc2c1C(=O)c1ccccc1C2=O. The molecule has 0 heterocycles. The van der Waals surface area contributed by atoms with E-state index in [1.165, 1.54) is 6.20 Å². The average Bonchev–Trinajstić information content (AvgIpc) is 2.60. The quantitative estimate of drug-likeness (QED) is 0.734. The number of anilines is 1. The molecule has 0 unspecified atom stereocenters. The molecule has 0 atom stereocenters. The summed E-state index contributed by atoms with van der Waals surface area (Å²) in [4.78, 5) is 25.3. The standard InChI is InChI=1S/C18H9N3O2/c19-8-11(9-20)10-21-15-7-3-6-14-16(15)18(23)13-5-2-1-4-12(13)17(14)22/h1-7,10,21H. The Kier molecular flexibility index (Phi) is 3.46. The molecule has 1 N–H and O–H groups in total. The summed E-state index contributed by atoms with van der Waals surface area (Å²) in [6.45, 7) is 0. The molecule has 108 valence electrons. The monoisotopic (exact) mass is 299 g/mol. The molecule has 1 aliphatic rings. The largest absolute Gasteiger partial charge is 0.359 e. The van der Waals surface area contributed by atoms with E-state index >= 15 is 0 Å². The van der Waals surface area contributed by atoms with Crippen LogP contribution in [0.1, 0.15) is 31.8 Å². The minimum atomic E-state index is -0.262. The molecule has 2 aromatic rings. The van der Waals surface area contributed by atoms with Gasteiger partial charge in [0.2, 0.25) is 0 Å². The van der Waals surface area contributed by atoms with Gasteiger partial charge in [0.05, 0.1) is 11.3 Å². The Morgan fingerprint density at radius 2 is 1.48 bits per heavy atom. The van der Waals surface area contributed by atoms with Crippen LogP contribution in [0.15, 0.2) is 54.2 Å². The van der Waals surface area contributed by atoms with Gasteiger partial charge < -0.3 is 5.32 Å². The highest BCUT2D eigenvalue weighted by Gasteiger charge is 2.31. The van der Waals surface area contributed by atoms with E-state index in [-0.39, 0.29) is 22.7 Å². The second-order valence-corrected chi connectivity index (χ2v) is 4.86. The van der Waals surface area contributed by atoms with E-state index in [4.69, 9.17) is 10.5 Å². The van der Waals surface area contributed by atoms with Gasteiger partial charge >= 0.3 is 0 Å². The van der Waals surface area contributed by atoms with Crippen LogP contribution in [0.4, 0.5) is 5.69 Å². The van der Waals surface area contributed by atoms with Crippen LogP contribution < -0.4 is 5.32 Å². The third-order valence-electron chi connectivity index (χ3n) is 3.57. The summed E-state index contributed by atoms with van der Waals surface area (Å²) < 4.78 is 0. The molecule has 0 amide bonds. The van der Waals surface area contributed by atoms with E-state index in [0.29, 0.717) is 22.4 Å². The number of hydrogen-bond donors (Lipinski definition) is 1. The molecule has 5 nitrogen and oxygen atoms in total. The number of carbonyl (C=O) groups excluding carboxylic acids is 2. The summed E-state index contributed by atoms with van der Waals surface area (Å²) in [5.41, 5.74) is 1.55. The Balaban J connectivity index is 2.14. The van der Waals surface area contributed by atoms with Crippen molar-refractivity contribution in [1.82, 2.24) is 0 Å². The summed E-state index contributed by atoms with van der Waals surface area (Å²) in [5.74, 6) is -0.481. The van der Waals surface area contributed by atoms with Crippen LogP contribution in [0.25, 0.3) is 0 Å². The smallest absolute Gasteiger partial charge is 0.196 e. The van der Waals surface area contributed by atoms with E-state index in [0.717, 1.165) is 0 Å². The van der Waals surface area contributed by atoms with Gasteiger partial charge in [-0.3, -0.25) is 9.59 Å². The van der Waals surface area contributed by atoms with Crippen molar-refractivity contribution in [1.29, 1.82) is 10.5 Å². The number of carbonyl (C=O) groups is 2. The van der Waals surface area contributed by atoms with Crippen molar-refractivity contribution in [3.8, 4) is 12.1 Å². The first-order chi connectivity index (χ1) is 11.2. The zero-order valence-corrected chi connectivity index (χ0v) is 11.8. The first-order valence-corrected chi connectivity index (χ1v) is 6.75. The summed E-state index contributed by atoms with van der Waals surface area (Å²) in [6, 6.07) is 15.0. The summed E-state index contributed by atoms with van der Waals surface area (Å²) >= 11 is 0.